The topological polar surface area (TPSA) is 83.6 Å². The fourth-order valence-electron chi connectivity index (χ4n) is 1.54. The van der Waals surface area contributed by atoms with Crippen LogP contribution in [0.5, 0.6) is 0 Å². The third-order valence-corrected chi connectivity index (χ3v) is 2.77. The second kappa shape index (κ2) is 7.27. The third kappa shape index (κ3) is 5.68. The van der Waals surface area contributed by atoms with Gasteiger partial charge in [-0.05, 0) is 11.8 Å². The molecule has 2 atom stereocenters. The van der Waals surface area contributed by atoms with Crippen LogP contribution in [0.4, 0.5) is 0 Å². The predicted octanol–water partition coefficient (Wildman–Crippen LogP) is 0.929. The van der Waals surface area contributed by atoms with Gasteiger partial charge in [0.1, 0.15) is 6.54 Å². The van der Waals surface area contributed by atoms with Gasteiger partial charge in [0, 0.05) is 6.54 Å². The average molecular weight is 244 g/mol. The summed E-state index contributed by atoms with van der Waals surface area (Å²) in [6.07, 6.45) is 0.801. The van der Waals surface area contributed by atoms with E-state index in [1.807, 2.05) is 27.7 Å². The molecule has 5 heteroatoms. The van der Waals surface area contributed by atoms with Crippen LogP contribution in [0.2, 0.25) is 0 Å². The highest BCUT2D eigenvalue weighted by Gasteiger charge is 2.26. The molecule has 0 rings (SSSR count). The highest BCUT2D eigenvalue weighted by atomic mass is 16.4. The summed E-state index contributed by atoms with van der Waals surface area (Å²) in [5.74, 6) is -0.987. The molecule has 1 amide bonds. The molecule has 17 heavy (non-hydrogen) atoms. The molecular weight excluding hydrogens is 220 g/mol. The fourth-order valence-corrected chi connectivity index (χ4v) is 1.54. The maximum Gasteiger partial charge on any atom is 0.323 e. The molecule has 0 aliphatic rings. The van der Waals surface area contributed by atoms with Gasteiger partial charge in [0.15, 0.2) is 0 Å². The van der Waals surface area contributed by atoms with Gasteiger partial charge >= 0.3 is 5.97 Å². The Morgan fingerprint density at radius 2 is 1.82 bits per heavy atom. The van der Waals surface area contributed by atoms with Crippen molar-refractivity contribution in [3.05, 3.63) is 0 Å². The number of carbonyl (C=O) groups excluding carboxylic acids is 1. The van der Waals surface area contributed by atoms with Gasteiger partial charge in [-0.2, -0.15) is 0 Å². The number of hydrogen-bond donors (Lipinski definition) is 2. The van der Waals surface area contributed by atoms with Crippen LogP contribution in [0.15, 0.2) is 0 Å². The molecule has 100 valence electrons. The van der Waals surface area contributed by atoms with Crippen molar-refractivity contribution in [2.75, 3.05) is 13.1 Å². The second-order valence-corrected chi connectivity index (χ2v) is 4.92. The van der Waals surface area contributed by atoms with Gasteiger partial charge in [-0.1, -0.05) is 34.1 Å². The molecule has 0 heterocycles. The van der Waals surface area contributed by atoms with E-state index in [2.05, 4.69) is 0 Å². The Hall–Kier alpha value is -1.10. The summed E-state index contributed by atoms with van der Waals surface area (Å²) in [5, 5.41) is 8.79. The first-order valence-electron chi connectivity index (χ1n) is 6.05. The van der Waals surface area contributed by atoms with E-state index < -0.39 is 12.0 Å². The molecule has 0 saturated heterocycles. The Kier molecular flexibility index (Phi) is 6.80. The number of carbonyl (C=O) groups is 2. The maximum atomic E-state index is 12.1. The van der Waals surface area contributed by atoms with E-state index in [1.54, 1.807) is 0 Å². The minimum atomic E-state index is -1.00. The highest BCUT2D eigenvalue weighted by molar-refractivity contribution is 5.85. The summed E-state index contributed by atoms with van der Waals surface area (Å²) < 4.78 is 0. The van der Waals surface area contributed by atoms with Gasteiger partial charge in [-0.15, -0.1) is 0 Å². The zero-order chi connectivity index (χ0) is 13.6. The molecule has 0 aliphatic carbocycles. The van der Waals surface area contributed by atoms with Gasteiger partial charge in [-0.25, -0.2) is 0 Å². The quantitative estimate of drug-likeness (QED) is 0.697. The van der Waals surface area contributed by atoms with E-state index in [0.717, 1.165) is 6.42 Å². The van der Waals surface area contributed by atoms with Crippen molar-refractivity contribution >= 4 is 11.9 Å². The molecule has 0 aromatic heterocycles. The van der Waals surface area contributed by atoms with Crippen molar-refractivity contribution in [2.24, 2.45) is 17.6 Å². The molecule has 0 aromatic rings. The first kappa shape index (κ1) is 15.9. The number of aliphatic carboxylic acids is 1. The lowest BCUT2D eigenvalue weighted by atomic mass is 9.98. The Labute approximate surface area is 103 Å². The SMILES string of the molecule is CCC(C)C(N)C(=O)N(CC(=O)O)CC(C)C. The molecule has 5 nitrogen and oxygen atoms in total. The number of carboxylic acid groups (broad SMARTS) is 1. The Morgan fingerprint density at radius 3 is 2.18 bits per heavy atom. The van der Waals surface area contributed by atoms with Crippen molar-refractivity contribution in [3.8, 4) is 0 Å². The smallest absolute Gasteiger partial charge is 0.323 e. The summed E-state index contributed by atoms with van der Waals surface area (Å²) in [5.41, 5.74) is 5.84. The fraction of sp³-hybridized carbons (Fsp3) is 0.833. The molecule has 0 aromatic carbocycles. The summed E-state index contributed by atoms with van der Waals surface area (Å²) in [6.45, 7) is 7.89. The molecular formula is C12H24N2O3. The van der Waals surface area contributed by atoms with Crippen LogP contribution in [-0.2, 0) is 9.59 Å². The van der Waals surface area contributed by atoms with E-state index in [9.17, 15) is 9.59 Å². The van der Waals surface area contributed by atoms with Crippen LogP contribution < -0.4 is 5.73 Å². The van der Waals surface area contributed by atoms with Gasteiger partial charge in [0.25, 0.3) is 0 Å². The lowest BCUT2D eigenvalue weighted by Gasteiger charge is -2.28. The van der Waals surface area contributed by atoms with Crippen LogP contribution in [0.25, 0.3) is 0 Å². The Morgan fingerprint density at radius 1 is 1.29 bits per heavy atom. The Bertz CT molecular complexity index is 266. The standard InChI is InChI=1S/C12H24N2O3/c1-5-9(4)11(13)12(17)14(6-8(2)3)7-10(15)16/h8-9,11H,5-7,13H2,1-4H3,(H,15,16). The third-order valence-electron chi connectivity index (χ3n) is 2.77. The molecule has 0 spiro atoms. The number of nitrogens with zero attached hydrogens (tertiary/aromatic N) is 1. The molecule has 3 N–H and O–H groups in total. The number of carboxylic acids is 1. The van der Waals surface area contributed by atoms with Crippen molar-refractivity contribution < 1.29 is 14.7 Å². The monoisotopic (exact) mass is 244 g/mol. The first-order chi connectivity index (χ1) is 7.79. The molecule has 0 fully saturated rings. The summed E-state index contributed by atoms with van der Waals surface area (Å²) in [4.78, 5) is 24.1. The zero-order valence-corrected chi connectivity index (χ0v) is 11.1. The van der Waals surface area contributed by atoms with Crippen LogP contribution in [0.3, 0.4) is 0 Å². The van der Waals surface area contributed by atoms with E-state index >= 15 is 0 Å². The largest absolute Gasteiger partial charge is 0.480 e. The first-order valence-corrected chi connectivity index (χ1v) is 6.05. The lowest BCUT2D eigenvalue weighted by molar-refractivity contribution is -0.145. The van der Waals surface area contributed by atoms with Crippen molar-refractivity contribution in [1.29, 1.82) is 0 Å². The average Bonchev–Trinajstić information content (AvgIpc) is 2.23. The molecule has 0 bridgehead atoms. The Balaban J connectivity index is 4.66. The van der Waals surface area contributed by atoms with Gasteiger partial charge in [0.2, 0.25) is 5.91 Å². The number of amides is 1. The van der Waals surface area contributed by atoms with Crippen LogP contribution in [-0.4, -0.2) is 41.0 Å². The van der Waals surface area contributed by atoms with E-state index in [4.69, 9.17) is 10.8 Å². The van der Waals surface area contributed by atoms with Crippen molar-refractivity contribution in [2.45, 2.75) is 40.2 Å². The lowest BCUT2D eigenvalue weighted by Crippen LogP contribution is -2.49. The number of hydrogen-bond acceptors (Lipinski definition) is 3. The normalized spacial score (nSPS) is 14.5. The van der Waals surface area contributed by atoms with E-state index in [1.165, 1.54) is 4.90 Å². The maximum absolute atomic E-state index is 12.1. The zero-order valence-electron chi connectivity index (χ0n) is 11.1. The summed E-state index contributed by atoms with van der Waals surface area (Å²) >= 11 is 0. The molecule has 0 saturated carbocycles. The van der Waals surface area contributed by atoms with Gasteiger partial charge in [-0.3, -0.25) is 9.59 Å². The van der Waals surface area contributed by atoms with Crippen molar-refractivity contribution in [1.82, 2.24) is 4.90 Å². The van der Waals surface area contributed by atoms with Gasteiger partial charge in [0.05, 0.1) is 6.04 Å². The van der Waals surface area contributed by atoms with Gasteiger partial charge < -0.3 is 15.7 Å². The van der Waals surface area contributed by atoms with Crippen molar-refractivity contribution in [3.63, 3.8) is 0 Å². The summed E-state index contributed by atoms with van der Waals surface area (Å²) in [6, 6.07) is -0.613. The number of rotatable bonds is 7. The second-order valence-electron chi connectivity index (χ2n) is 4.92. The van der Waals surface area contributed by atoms with Crippen LogP contribution in [0, 0.1) is 11.8 Å². The number of nitrogens with two attached hydrogens (primary N) is 1. The summed E-state index contributed by atoms with van der Waals surface area (Å²) in [7, 11) is 0. The molecule has 2 unspecified atom stereocenters. The van der Waals surface area contributed by atoms with Crippen LogP contribution >= 0.6 is 0 Å². The predicted molar refractivity (Wildman–Crippen MR) is 66.5 cm³/mol. The van der Waals surface area contributed by atoms with Crippen LogP contribution in [0.1, 0.15) is 34.1 Å². The van der Waals surface area contributed by atoms with E-state index in [0.29, 0.717) is 6.54 Å². The van der Waals surface area contributed by atoms with E-state index in [-0.39, 0.29) is 24.3 Å². The highest BCUT2D eigenvalue weighted by Crippen LogP contribution is 2.10. The minimum Gasteiger partial charge on any atom is -0.480 e. The minimum absolute atomic E-state index is 0.0611. The molecule has 0 radical (unpaired) electrons. The molecule has 0 aliphatic heterocycles.